The van der Waals surface area contributed by atoms with Crippen molar-refractivity contribution in [2.75, 3.05) is 13.7 Å². The lowest BCUT2D eigenvalue weighted by Gasteiger charge is -2.17. The Balaban J connectivity index is 1.91. The van der Waals surface area contributed by atoms with Crippen molar-refractivity contribution in [3.05, 3.63) is 71.8 Å². The Bertz CT molecular complexity index is 582. The molecule has 20 heavy (non-hydrogen) atoms. The van der Waals surface area contributed by atoms with Crippen LogP contribution in [0, 0.1) is 0 Å². The van der Waals surface area contributed by atoms with E-state index in [0.717, 1.165) is 0 Å². The standard InChI is InChI=1S/C16H16N2O2/c1-18(16(20)14-10-6-3-7-11-14)12-17-15(19)13-8-4-2-5-9-13/h2-11H,12H2,1H3,(H,17,19). The summed E-state index contributed by atoms with van der Waals surface area (Å²) in [7, 11) is 1.65. The van der Waals surface area contributed by atoms with Gasteiger partial charge in [-0.25, -0.2) is 0 Å². The topological polar surface area (TPSA) is 49.4 Å². The van der Waals surface area contributed by atoms with Crippen LogP contribution in [0.3, 0.4) is 0 Å². The van der Waals surface area contributed by atoms with Gasteiger partial charge in [0.1, 0.15) is 0 Å². The van der Waals surface area contributed by atoms with Gasteiger partial charge in [-0.15, -0.1) is 0 Å². The average molecular weight is 268 g/mol. The van der Waals surface area contributed by atoms with Crippen molar-refractivity contribution in [1.82, 2.24) is 10.2 Å². The third-order valence-corrected chi connectivity index (χ3v) is 2.88. The normalized spacial score (nSPS) is 9.85. The molecular formula is C16H16N2O2. The minimum atomic E-state index is -0.196. The van der Waals surface area contributed by atoms with E-state index < -0.39 is 0 Å². The van der Waals surface area contributed by atoms with Gasteiger partial charge in [0.25, 0.3) is 11.8 Å². The molecule has 102 valence electrons. The summed E-state index contributed by atoms with van der Waals surface area (Å²) in [5, 5.41) is 2.72. The summed E-state index contributed by atoms with van der Waals surface area (Å²) >= 11 is 0. The summed E-state index contributed by atoms with van der Waals surface area (Å²) in [4.78, 5) is 25.4. The monoisotopic (exact) mass is 268 g/mol. The lowest BCUT2D eigenvalue weighted by Crippen LogP contribution is -2.38. The molecule has 0 unspecified atom stereocenters. The number of nitrogens with zero attached hydrogens (tertiary/aromatic N) is 1. The zero-order chi connectivity index (χ0) is 14.4. The van der Waals surface area contributed by atoms with Gasteiger partial charge in [-0.05, 0) is 24.3 Å². The average Bonchev–Trinajstić information content (AvgIpc) is 2.53. The van der Waals surface area contributed by atoms with Gasteiger partial charge in [0.15, 0.2) is 0 Å². The van der Waals surface area contributed by atoms with Crippen molar-refractivity contribution in [3.8, 4) is 0 Å². The van der Waals surface area contributed by atoms with Crippen molar-refractivity contribution in [2.24, 2.45) is 0 Å². The molecule has 0 spiro atoms. The van der Waals surface area contributed by atoms with Crippen LogP contribution in [0.2, 0.25) is 0 Å². The zero-order valence-corrected chi connectivity index (χ0v) is 11.2. The van der Waals surface area contributed by atoms with Crippen LogP contribution in [0.5, 0.6) is 0 Å². The van der Waals surface area contributed by atoms with Gasteiger partial charge >= 0.3 is 0 Å². The van der Waals surface area contributed by atoms with E-state index >= 15 is 0 Å². The summed E-state index contributed by atoms with van der Waals surface area (Å²) in [6.45, 7) is 0.168. The fourth-order valence-corrected chi connectivity index (χ4v) is 1.75. The molecule has 0 saturated heterocycles. The quantitative estimate of drug-likeness (QED) is 0.864. The molecule has 0 atom stereocenters. The van der Waals surface area contributed by atoms with Gasteiger partial charge in [-0.1, -0.05) is 36.4 Å². The van der Waals surface area contributed by atoms with E-state index in [1.165, 1.54) is 4.90 Å². The SMILES string of the molecule is CN(CNC(=O)c1ccccc1)C(=O)c1ccccc1. The Labute approximate surface area is 118 Å². The molecular weight excluding hydrogens is 252 g/mol. The van der Waals surface area contributed by atoms with E-state index in [4.69, 9.17) is 0 Å². The number of rotatable bonds is 4. The van der Waals surface area contributed by atoms with Crippen molar-refractivity contribution in [1.29, 1.82) is 0 Å². The number of carbonyl (C=O) groups is 2. The van der Waals surface area contributed by atoms with Gasteiger partial charge in [0.2, 0.25) is 0 Å². The molecule has 2 aromatic rings. The molecule has 0 aliphatic heterocycles. The highest BCUT2D eigenvalue weighted by Crippen LogP contribution is 2.02. The highest BCUT2D eigenvalue weighted by atomic mass is 16.2. The highest BCUT2D eigenvalue weighted by molar-refractivity contribution is 5.96. The number of hydrogen-bond acceptors (Lipinski definition) is 2. The predicted molar refractivity (Wildman–Crippen MR) is 77.3 cm³/mol. The number of nitrogens with one attached hydrogen (secondary N) is 1. The highest BCUT2D eigenvalue weighted by Gasteiger charge is 2.12. The number of benzene rings is 2. The Hall–Kier alpha value is -2.62. The molecule has 1 N–H and O–H groups in total. The van der Waals surface area contributed by atoms with Crippen LogP contribution in [-0.4, -0.2) is 30.4 Å². The maximum Gasteiger partial charge on any atom is 0.255 e. The molecule has 0 aliphatic carbocycles. The number of hydrogen-bond donors (Lipinski definition) is 1. The van der Waals surface area contributed by atoms with Gasteiger partial charge in [-0.3, -0.25) is 9.59 Å². The summed E-state index contributed by atoms with van der Waals surface area (Å²) in [5.74, 6) is -0.322. The van der Waals surface area contributed by atoms with E-state index in [1.807, 2.05) is 24.3 Å². The van der Waals surface area contributed by atoms with Gasteiger partial charge < -0.3 is 10.2 Å². The second-order valence-electron chi connectivity index (χ2n) is 4.40. The van der Waals surface area contributed by atoms with Gasteiger partial charge in [-0.2, -0.15) is 0 Å². The first-order chi connectivity index (χ1) is 9.68. The minimum Gasteiger partial charge on any atom is -0.334 e. The zero-order valence-electron chi connectivity index (χ0n) is 11.2. The van der Waals surface area contributed by atoms with Crippen molar-refractivity contribution < 1.29 is 9.59 Å². The molecule has 0 aliphatic rings. The van der Waals surface area contributed by atoms with Gasteiger partial charge in [0.05, 0.1) is 6.67 Å². The third-order valence-electron chi connectivity index (χ3n) is 2.88. The first-order valence-corrected chi connectivity index (χ1v) is 6.32. The molecule has 0 heterocycles. The van der Waals surface area contributed by atoms with Crippen molar-refractivity contribution in [2.45, 2.75) is 0 Å². The first kappa shape index (κ1) is 13.8. The summed E-state index contributed by atoms with van der Waals surface area (Å²) < 4.78 is 0. The van der Waals surface area contributed by atoms with Crippen molar-refractivity contribution in [3.63, 3.8) is 0 Å². The maximum absolute atomic E-state index is 12.1. The van der Waals surface area contributed by atoms with Crippen LogP contribution >= 0.6 is 0 Å². The molecule has 2 aromatic carbocycles. The van der Waals surface area contributed by atoms with E-state index in [2.05, 4.69) is 5.32 Å². The molecule has 0 saturated carbocycles. The van der Waals surface area contributed by atoms with E-state index in [0.29, 0.717) is 11.1 Å². The summed E-state index contributed by atoms with van der Waals surface area (Å²) in [6.07, 6.45) is 0. The second-order valence-corrected chi connectivity index (χ2v) is 4.40. The fourth-order valence-electron chi connectivity index (χ4n) is 1.75. The number of amides is 2. The molecule has 0 radical (unpaired) electrons. The number of carbonyl (C=O) groups excluding carboxylic acids is 2. The van der Waals surface area contributed by atoms with E-state index in [-0.39, 0.29) is 18.5 Å². The van der Waals surface area contributed by atoms with E-state index in [9.17, 15) is 9.59 Å². The second kappa shape index (κ2) is 6.52. The van der Waals surface area contributed by atoms with Crippen LogP contribution in [0.15, 0.2) is 60.7 Å². The maximum atomic E-state index is 12.1. The smallest absolute Gasteiger partial charge is 0.255 e. The van der Waals surface area contributed by atoms with Crippen LogP contribution in [0.4, 0.5) is 0 Å². The lowest BCUT2D eigenvalue weighted by atomic mass is 10.2. The molecule has 0 bridgehead atoms. The largest absolute Gasteiger partial charge is 0.334 e. The van der Waals surface area contributed by atoms with Crippen LogP contribution in [0.25, 0.3) is 0 Å². The molecule has 0 fully saturated rings. The Morgan fingerprint density at radius 1 is 0.900 bits per heavy atom. The van der Waals surface area contributed by atoms with E-state index in [1.54, 1.807) is 43.4 Å². The Morgan fingerprint density at radius 3 is 1.95 bits per heavy atom. The van der Waals surface area contributed by atoms with Crippen LogP contribution in [-0.2, 0) is 0 Å². The third kappa shape index (κ3) is 3.45. The molecule has 0 aromatic heterocycles. The van der Waals surface area contributed by atoms with Crippen molar-refractivity contribution >= 4 is 11.8 Å². The Kier molecular flexibility index (Phi) is 4.50. The van der Waals surface area contributed by atoms with Crippen LogP contribution in [0.1, 0.15) is 20.7 Å². The summed E-state index contributed by atoms with van der Waals surface area (Å²) in [6, 6.07) is 17.9. The first-order valence-electron chi connectivity index (χ1n) is 6.32. The predicted octanol–water partition coefficient (Wildman–Crippen LogP) is 2.15. The molecule has 2 rings (SSSR count). The lowest BCUT2D eigenvalue weighted by molar-refractivity contribution is 0.0765. The summed E-state index contributed by atoms with van der Waals surface area (Å²) in [5.41, 5.74) is 1.18. The van der Waals surface area contributed by atoms with Gasteiger partial charge in [0, 0.05) is 18.2 Å². The molecule has 4 heteroatoms. The minimum absolute atomic E-state index is 0.126. The van der Waals surface area contributed by atoms with Crippen LogP contribution < -0.4 is 5.32 Å². The molecule has 4 nitrogen and oxygen atoms in total. The Morgan fingerprint density at radius 2 is 1.40 bits per heavy atom. The fraction of sp³-hybridized carbons (Fsp3) is 0.125. The molecule has 2 amide bonds.